The lowest BCUT2D eigenvalue weighted by Gasteiger charge is -2.31. The fourth-order valence-electron chi connectivity index (χ4n) is 9.93. The fourth-order valence-corrected chi connectivity index (χ4v) is 10.6. The summed E-state index contributed by atoms with van der Waals surface area (Å²) in [6.45, 7) is 7.79. The van der Waals surface area contributed by atoms with Crippen molar-refractivity contribution in [2.75, 3.05) is 63.0 Å². The summed E-state index contributed by atoms with van der Waals surface area (Å²) in [5.41, 5.74) is 5.77. The number of ether oxygens (including phenoxy) is 4. The molecule has 17 nitrogen and oxygen atoms in total. The average molecular weight is 1020 g/mol. The molecule has 1 unspecified atom stereocenters. The number of amides is 5. The first kappa shape index (κ1) is 52.7. The Balaban J connectivity index is 0.830. The summed E-state index contributed by atoms with van der Waals surface area (Å²) in [6.07, 6.45) is 11.4. The van der Waals surface area contributed by atoms with Gasteiger partial charge in [0.25, 0.3) is 11.8 Å². The number of anilines is 2. The predicted octanol–water partition coefficient (Wildman–Crippen LogP) is 8.18. The number of rotatable bonds is 21. The number of aryl methyl sites for hydroxylation is 1. The van der Waals surface area contributed by atoms with E-state index in [0.29, 0.717) is 117 Å². The van der Waals surface area contributed by atoms with E-state index in [1.807, 2.05) is 44.2 Å². The van der Waals surface area contributed by atoms with Gasteiger partial charge < -0.3 is 39.2 Å². The van der Waals surface area contributed by atoms with E-state index in [-0.39, 0.29) is 71.5 Å². The number of nitrogens with one attached hydrogen (secondary N) is 1. The first-order valence-corrected chi connectivity index (χ1v) is 26.5. The molecular formula is C55H66N6O11S. The van der Waals surface area contributed by atoms with E-state index in [9.17, 15) is 33.9 Å². The molecule has 3 aromatic rings. The topological polar surface area (TPSA) is 197 Å². The van der Waals surface area contributed by atoms with E-state index in [1.165, 1.54) is 22.2 Å². The Morgan fingerprint density at radius 3 is 2.23 bits per heavy atom. The van der Waals surface area contributed by atoms with Crippen molar-refractivity contribution in [1.82, 2.24) is 14.7 Å². The second kappa shape index (κ2) is 23.9. The number of likely N-dealkylation sites (tertiary alicyclic amines) is 1. The molecule has 5 amide bonds. The normalized spacial score (nSPS) is 21.3. The Morgan fingerprint density at radius 1 is 0.822 bits per heavy atom. The van der Waals surface area contributed by atoms with Crippen LogP contribution in [0.25, 0.3) is 0 Å². The number of aliphatic imine (C=N–C) groups is 1. The zero-order valence-electron chi connectivity index (χ0n) is 42.4. The molecule has 0 bridgehead atoms. The van der Waals surface area contributed by atoms with Gasteiger partial charge >= 0.3 is 6.09 Å². The quantitative estimate of drug-likeness (QED) is 0.0590. The summed E-state index contributed by atoms with van der Waals surface area (Å²) in [5.74, 6) is 0.855. The third-order valence-corrected chi connectivity index (χ3v) is 15.2. The molecule has 0 aromatic heterocycles. The van der Waals surface area contributed by atoms with Crippen molar-refractivity contribution in [1.29, 1.82) is 0 Å². The number of unbranched alkanes of at least 4 members (excludes halogenated alkanes) is 4. The average Bonchev–Trinajstić information content (AvgIpc) is 4.07. The van der Waals surface area contributed by atoms with E-state index in [1.54, 1.807) is 60.5 Å². The maximum Gasteiger partial charge on any atom is 0.416 e. The lowest BCUT2D eigenvalue weighted by Crippen LogP contribution is -2.50. The maximum absolute atomic E-state index is 14.2. The number of fused-ring (bicyclic) bond motifs is 4. The second-order valence-electron chi connectivity index (χ2n) is 19.0. The Hall–Kier alpha value is -6.66. The second-order valence-corrected chi connectivity index (χ2v) is 20.1. The van der Waals surface area contributed by atoms with Gasteiger partial charge in [0.2, 0.25) is 11.8 Å². The molecule has 5 aliphatic heterocycles. The van der Waals surface area contributed by atoms with Crippen LogP contribution in [0, 0.1) is 6.92 Å². The number of allylic oxidation sites excluding steroid dienone is 2. The molecule has 0 aliphatic carbocycles. The summed E-state index contributed by atoms with van der Waals surface area (Å²) < 4.78 is 23.9. The Labute approximate surface area is 430 Å². The van der Waals surface area contributed by atoms with Crippen molar-refractivity contribution < 1.29 is 52.8 Å². The number of ketones is 1. The number of Topliss-reactive ketones (excluding diaryl/α,β-unsaturated/α-hetero) is 1. The van der Waals surface area contributed by atoms with E-state index in [2.05, 4.69) is 16.4 Å². The SMILES string of the molecule is CC=C1C[C@H]2C=Nc3cc(OCCCCCOc4cc5c(cc4C)C(=O)N4CC(=CC)C[C@H]4[C@H](O)N5C(=O)OCc4ccc(NCC(=O)CCCCCN5C(=O)CC(SC)C5=O)cc4)c(OC)cc3C(=O)N2C1. The monoisotopic (exact) mass is 1020 g/mol. The third kappa shape index (κ3) is 11.9. The van der Waals surface area contributed by atoms with Crippen molar-refractivity contribution >= 4 is 70.5 Å². The number of hydrogen-bond donors (Lipinski definition) is 2. The van der Waals surface area contributed by atoms with E-state index < -0.39 is 18.4 Å². The van der Waals surface area contributed by atoms with Crippen molar-refractivity contribution in [2.45, 2.75) is 115 Å². The van der Waals surface area contributed by atoms with Crippen LogP contribution in [0.3, 0.4) is 0 Å². The van der Waals surface area contributed by atoms with Gasteiger partial charge in [0.05, 0.1) is 66.7 Å². The molecule has 5 aliphatic rings. The molecule has 3 saturated heterocycles. The highest BCUT2D eigenvalue weighted by atomic mass is 32.2. The molecule has 73 heavy (non-hydrogen) atoms. The minimum absolute atomic E-state index is 0.0381. The molecule has 3 fully saturated rings. The minimum atomic E-state index is -1.41. The number of benzene rings is 3. The molecule has 5 heterocycles. The minimum Gasteiger partial charge on any atom is -0.493 e. The Morgan fingerprint density at radius 2 is 1.52 bits per heavy atom. The van der Waals surface area contributed by atoms with Gasteiger partial charge in [-0.1, -0.05) is 41.9 Å². The third-order valence-electron chi connectivity index (χ3n) is 14.2. The number of carbonyl (C=O) groups is 6. The molecular weight excluding hydrogens is 953 g/mol. The number of methoxy groups -OCH3 is 1. The van der Waals surface area contributed by atoms with Crippen LogP contribution in [0.4, 0.5) is 21.9 Å². The van der Waals surface area contributed by atoms with Crippen LogP contribution in [-0.2, 0) is 25.7 Å². The van der Waals surface area contributed by atoms with Crippen molar-refractivity contribution in [3.63, 3.8) is 0 Å². The van der Waals surface area contributed by atoms with Crippen molar-refractivity contribution in [3.05, 3.63) is 94.1 Å². The summed E-state index contributed by atoms with van der Waals surface area (Å²) in [6, 6.07) is 13.2. The van der Waals surface area contributed by atoms with Gasteiger partial charge in [-0.2, -0.15) is 11.8 Å². The van der Waals surface area contributed by atoms with Crippen LogP contribution >= 0.6 is 11.8 Å². The Kier molecular flexibility index (Phi) is 17.3. The summed E-state index contributed by atoms with van der Waals surface area (Å²) in [5, 5.41) is 14.8. The fraction of sp³-hybridized carbons (Fsp3) is 0.473. The van der Waals surface area contributed by atoms with Gasteiger partial charge in [-0.15, -0.1) is 0 Å². The number of hydrogen-bond acceptors (Lipinski definition) is 14. The lowest BCUT2D eigenvalue weighted by molar-refractivity contribution is -0.138. The highest BCUT2D eigenvalue weighted by Gasteiger charge is 2.46. The number of aliphatic hydroxyl groups excluding tert-OH is 1. The zero-order valence-corrected chi connectivity index (χ0v) is 43.2. The molecule has 388 valence electrons. The lowest BCUT2D eigenvalue weighted by atomic mass is 10.1. The highest BCUT2D eigenvalue weighted by molar-refractivity contribution is 8.00. The van der Waals surface area contributed by atoms with E-state index in [0.717, 1.165) is 29.7 Å². The van der Waals surface area contributed by atoms with Crippen LogP contribution in [0.2, 0.25) is 0 Å². The standard InChI is InChI=1S/C55H66N6O11S/c1-6-35-23-39-29-57-43-26-48(47(69-4)25-41(43)51(64)59(39)31-35)71-21-13-9-12-20-70-46-27-44-42(22-34(46)3)52(65)60-32-36(7-2)24-45(60)53(66)61(44)55(68)72-33-37-15-17-38(18-16-37)56-30-40(62)14-10-8-11-19-58-50(63)28-49(73-5)54(58)67/h6-7,15-18,22,25-27,29,39,45,49,53,56,66H,8-14,19-21,23-24,28,30-33H2,1-5H3/t39-,45-,49?,53-/m0/s1. The van der Waals surface area contributed by atoms with Gasteiger partial charge in [-0.3, -0.25) is 33.9 Å². The van der Waals surface area contributed by atoms with Gasteiger partial charge in [-0.05, 0) is 107 Å². The van der Waals surface area contributed by atoms with E-state index in [4.69, 9.17) is 18.9 Å². The van der Waals surface area contributed by atoms with Crippen LogP contribution in [-0.4, -0.2) is 138 Å². The summed E-state index contributed by atoms with van der Waals surface area (Å²) in [4.78, 5) is 89.5. The molecule has 18 heteroatoms. The molecule has 3 aromatic carbocycles. The van der Waals surface area contributed by atoms with E-state index >= 15 is 0 Å². The van der Waals surface area contributed by atoms with Crippen molar-refractivity contribution in [3.8, 4) is 17.2 Å². The summed E-state index contributed by atoms with van der Waals surface area (Å²) in [7, 11) is 1.55. The molecule has 0 spiro atoms. The van der Waals surface area contributed by atoms with Crippen LogP contribution in [0.5, 0.6) is 17.2 Å². The van der Waals surface area contributed by atoms with Gasteiger partial charge in [-0.25, -0.2) is 9.69 Å². The van der Waals surface area contributed by atoms with Gasteiger partial charge in [0, 0.05) is 56.5 Å². The Bertz CT molecular complexity index is 2690. The first-order chi connectivity index (χ1) is 35.3. The number of carbonyl (C=O) groups excluding carboxylic acids is 6. The van der Waals surface area contributed by atoms with Gasteiger partial charge in [0.15, 0.2) is 23.5 Å². The highest BCUT2D eigenvalue weighted by Crippen LogP contribution is 2.41. The molecule has 2 N–H and O–H groups in total. The maximum atomic E-state index is 14.2. The molecule has 4 atom stereocenters. The van der Waals surface area contributed by atoms with Crippen LogP contribution in [0.15, 0.2) is 76.8 Å². The van der Waals surface area contributed by atoms with Crippen LogP contribution in [0.1, 0.15) is 110 Å². The smallest absolute Gasteiger partial charge is 0.416 e. The largest absolute Gasteiger partial charge is 0.493 e. The molecule has 8 rings (SSSR count). The zero-order chi connectivity index (χ0) is 51.8. The van der Waals surface area contributed by atoms with Gasteiger partial charge in [0.1, 0.15) is 12.4 Å². The molecule has 0 radical (unpaired) electrons. The predicted molar refractivity (Wildman–Crippen MR) is 279 cm³/mol. The number of aliphatic hydroxyl groups is 1. The summed E-state index contributed by atoms with van der Waals surface area (Å²) >= 11 is 1.40. The first-order valence-electron chi connectivity index (χ1n) is 25.2. The molecule has 0 saturated carbocycles. The van der Waals surface area contributed by atoms with Crippen LogP contribution < -0.4 is 24.4 Å². The van der Waals surface area contributed by atoms with Crippen molar-refractivity contribution in [2.24, 2.45) is 4.99 Å². The number of thioether (sulfide) groups is 1. The number of imide groups is 1. The number of nitrogens with zero attached hydrogens (tertiary/aromatic N) is 5.